The van der Waals surface area contributed by atoms with Crippen molar-refractivity contribution in [3.05, 3.63) is 35.9 Å². The van der Waals surface area contributed by atoms with Crippen LogP contribution in [-0.2, 0) is 17.1 Å². The Labute approximate surface area is 69.3 Å². The largest absolute Gasteiger partial charge is 0.478 e. The van der Waals surface area contributed by atoms with Gasteiger partial charge in [-0.05, 0) is 12.1 Å². The quantitative estimate of drug-likeness (QED) is 0.658. The van der Waals surface area contributed by atoms with E-state index >= 15 is 0 Å². The van der Waals surface area contributed by atoms with Gasteiger partial charge in [-0.2, -0.15) is 0 Å². The van der Waals surface area contributed by atoms with Crippen LogP contribution in [0.2, 0.25) is 0 Å². The van der Waals surface area contributed by atoms with Crippen LogP contribution in [0.4, 0.5) is 0 Å². The normalized spacial score (nSPS) is 8.00. The van der Waals surface area contributed by atoms with E-state index < -0.39 is 5.97 Å². The van der Waals surface area contributed by atoms with Gasteiger partial charge in [0.2, 0.25) is 0 Å². The van der Waals surface area contributed by atoms with E-state index in [0.29, 0.717) is 5.56 Å². The molecule has 2 nitrogen and oxygen atoms in total. The van der Waals surface area contributed by atoms with Gasteiger partial charge in [-0.25, -0.2) is 4.79 Å². The zero-order chi connectivity index (χ0) is 6.69. The Morgan fingerprint density at radius 3 is 2.00 bits per heavy atom. The van der Waals surface area contributed by atoms with Gasteiger partial charge in [-0.3, -0.25) is 0 Å². The molecule has 0 fully saturated rings. The molecule has 0 unspecified atom stereocenters. The van der Waals surface area contributed by atoms with E-state index in [1.165, 1.54) is 0 Å². The molecule has 0 saturated carbocycles. The predicted molar refractivity (Wildman–Crippen MR) is 33.4 cm³/mol. The molecular weight excluding hydrogens is 171 g/mol. The molecule has 1 N–H and O–H groups in total. The molecule has 0 aliphatic rings. The minimum atomic E-state index is -0.879. The summed E-state index contributed by atoms with van der Waals surface area (Å²) < 4.78 is 0. The molecule has 10 heavy (non-hydrogen) atoms. The number of carbonyl (C=O) groups is 1. The molecule has 0 aromatic heterocycles. The Balaban J connectivity index is 0.000000810. The first-order valence-electron chi connectivity index (χ1n) is 2.59. The molecule has 1 radical (unpaired) electrons. The first-order valence-corrected chi connectivity index (χ1v) is 2.59. The first kappa shape index (κ1) is 9.21. The molecule has 1 rings (SSSR count). The summed E-state index contributed by atoms with van der Waals surface area (Å²) in [7, 11) is 0. The van der Waals surface area contributed by atoms with Crippen LogP contribution < -0.4 is 0 Å². The molecule has 0 spiro atoms. The smallest absolute Gasteiger partial charge is 0.335 e. The fourth-order valence-corrected chi connectivity index (χ4v) is 0.581. The maximum atomic E-state index is 10.2. The van der Waals surface area contributed by atoms with Crippen LogP contribution in [0.25, 0.3) is 0 Å². The zero-order valence-corrected chi connectivity index (χ0v) is 6.30. The van der Waals surface area contributed by atoms with E-state index in [4.69, 9.17) is 5.11 Å². The van der Waals surface area contributed by atoms with Crippen molar-refractivity contribution in [3.8, 4) is 0 Å². The topological polar surface area (TPSA) is 37.3 Å². The fourth-order valence-electron chi connectivity index (χ4n) is 0.581. The van der Waals surface area contributed by atoms with E-state index in [1.807, 2.05) is 0 Å². The Morgan fingerprint density at radius 2 is 1.70 bits per heavy atom. The molecule has 0 bridgehead atoms. The molecule has 3 heteroatoms. The maximum Gasteiger partial charge on any atom is 0.335 e. The monoisotopic (exact) mass is 177 g/mol. The van der Waals surface area contributed by atoms with E-state index in [2.05, 4.69) is 0 Å². The number of rotatable bonds is 1. The number of hydrogen-bond acceptors (Lipinski definition) is 1. The van der Waals surface area contributed by atoms with Crippen molar-refractivity contribution >= 4 is 5.97 Å². The van der Waals surface area contributed by atoms with Gasteiger partial charge in [-0.1, -0.05) is 18.2 Å². The average Bonchev–Trinajstić information content (AvgIpc) is 1.90. The van der Waals surface area contributed by atoms with Crippen molar-refractivity contribution < 1.29 is 27.0 Å². The molecule has 0 aliphatic heterocycles. The molecule has 53 valence electrons. The third-order valence-corrected chi connectivity index (χ3v) is 1.02. The van der Waals surface area contributed by atoms with Gasteiger partial charge in [-0.15, -0.1) is 0 Å². The van der Waals surface area contributed by atoms with Crippen LogP contribution in [0.15, 0.2) is 30.3 Å². The van der Waals surface area contributed by atoms with Gasteiger partial charge in [0, 0.05) is 17.1 Å². The summed E-state index contributed by atoms with van der Waals surface area (Å²) >= 11 is 0. The summed E-state index contributed by atoms with van der Waals surface area (Å²) in [5.41, 5.74) is 0.331. The molecule has 0 heterocycles. The zero-order valence-electron chi connectivity index (χ0n) is 5.12. The molecule has 0 amide bonds. The van der Waals surface area contributed by atoms with Gasteiger partial charge in [0.15, 0.2) is 0 Å². The fraction of sp³-hybridized carbons (Fsp3) is 0. The van der Waals surface area contributed by atoms with Gasteiger partial charge in [0.05, 0.1) is 5.56 Å². The summed E-state index contributed by atoms with van der Waals surface area (Å²) in [6, 6.07) is 8.30. The van der Waals surface area contributed by atoms with E-state index in [1.54, 1.807) is 30.3 Å². The molecule has 0 atom stereocenters. The van der Waals surface area contributed by atoms with E-state index in [9.17, 15) is 4.79 Å². The minimum Gasteiger partial charge on any atom is -0.478 e. The van der Waals surface area contributed by atoms with Crippen LogP contribution in [-0.4, -0.2) is 11.1 Å². The van der Waals surface area contributed by atoms with Gasteiger partial charge in [0.1, 0.15) is 0 Å². The van der Waals surface area contributed by atoms with Crippen molar-refractivity contribution in [1.29, 1.82) is 0 Å². The number of carboxylic acids is 1. The number of aromatic carboxylic acids is 1. The van der Waals surface area contributed by atoms with Gasteiger partial charge in [0.25, 0.3) is 0 Å². The Kier molecular flexibility index (Phi) is 3.77. The van der Waals surface area contributed by atoms with Gasteiger partial charge < -0.3 is 5.11 Å². The summed E-state index contributed by atoms with van der Waals surface area (Å²) in [6.07, 6.45) is 0. The Morgan fingerprint density at radius 1 is 1.20 bits per heavy atom. The third kappa shape index (κ3) is 2.21. The van der Waals surface area contributed by atoms with Crippen LogP contribution in [0.5, 0.6) is 0 Å². The standard InChI is InChI=1S/C7H6O2.Mn/c8-7(9)6-4-2-1-3-5-6;/h1-5H,(H,8,9);. The molecule has 1 aromatic carbocycles. The summed E-state index contributed by atoms with van der Waals surface area (Å²) in [5, 5.41) is 8.38. The second kappa shape index (κ2) is 4.09. The summed E-state index contributed by atoms with van der Waals surface area (Å²) in [4.78, 5) is 10.2. The van der Waals surface area contributed by atoms with Crippen molar-refractivity contribution in [2.75, 3.05) is 0 Å². The van der Waals surface area contributed by atoms with E-state index in [-0.39, 0.29) is 17.1 Å². The Bertz CT molecular complexity index is 208. The number of benzene rings is 1. The Hall–Kier alpha value is -0.791. The van der Waals surface area contributed by atoms with Crippen molar-refractivity contribution in [2.24, 2.45) is 0 Å². The molecule has 1 aromatic rings. The van der Waals surface area contributed by atoms with E-state index in [0.717, 1.165) is 0 Å². The minimum absolute atomic E-state index is 0. The van der Waals surface area contributed by atoms with Crippen molar-refractivity contribution in [1.82, 2.24) is 0 Å². The van der Waals surface area contributed by atoms with Crippen molar-refractivity contribution in [3.63, 3.8) is 0 Å². The van der Waals surface area contributed by atoms with Gasteiger partial charge >= 0.3 is 5.97 Å². The summed E-state index contributed by atoms with van der Waals surface area (Å²) in [5.74, 6) is -0.879. The van der Waals surface area contributed by atoms with Crippen molar-refractivity contribution in [2.45, 2.75) is 0 Å². The van der Waals surface area contributed by atoms with Crippen LogP contribution in [0.3, 0.4) is 0 Å². The SMILES string of the molecule is O=C(O)c1ccccc1.[Mn]. The van der Waals surface area contributed by atoms with Crippen LogP contribution >= 0.6 is 0 Å². The van der Waals surface area contributed by atoms with Crippen LogP contribution in [0.1, 0.15) is 10.4 Å². The average molecular weight is 177 g/mol. The number of hydrogen-bond donors (Lipinski definition) is 1. The second-order valence-electron chi connectivity index (χ2n) is 1.67. The third-order valence-electron chi connectivity index (χ3n) is 1.02. The molecule has 0 saturated heterocycles. The second-order valence-corrected chi connectivity index (χ2v) is 1.67. The predicted octanol–water partition coefficient (Wildman–Crippen LogP) is 1.38. The molecule has 0 aliphatic carbocycles. The maximum absolute atomic E-state index is 10.2. The summed E-state index contributed by atoms with van der Waals surface area (Å²) in [6.45, 7) is 0. The molecular formula is C7H6MnO2. The van der Waals surface area contributed by atoms with Crippen LogP contribution in [0, 0.1) is 0 Å². The first-order chi connectivity index (χ1) is 4.30. The number of carboxylic acid groups (broad SMARTS) is 1.